The zero-order valence-corrected chi connectivity index (χ0v) is 13.5. The summed E-state index contributed by atoms with van der Waals surface area (Å²) in [5.74, 6) is 0.270. The Morgan fingerprint density at radius 3 is 2.46 bits per heavy atom. The van der Waals surface area contributed by atoms with Crippen molar-refractivity contribution in [3.63, 3.8) is 0 Å². The number of ether oxygens (including phenoxy) is 1. The van der Waals surface area contributed by atoms with E-state index in [-0.39, 0.29) is 71.0 Å². The molecule has 1 atom stereocenters. The molecule has 4 nitrogen and oxygen atoms in total. The van der Waals surface area contributed by atoms with Crippen LogP contribution >= 0.6 is 0 Å². The van der Waals surface area contributed by atoms with E-state index in [2.05, 4.69) is 0 Å². The van der Waals surface area contributed by atoms with Crippen LogP contribution in [0.3, 0.4) is 0 Å². The van der Waals surface area contributed by atoms with E-state index in [9.17, 15) is 13.3 Å². The molecule has 1 aliphatic rings. The minimum Gasteiger partial charge on any atom is -0.746 e. The van der Waals surface area contributed by atoms with Gasteiger partial charge in [0.1, 0.15) is 6.10 Å². The van der Waals surface area contributed by atoms with Gasteiger partial charge in [-0.2, -0.15) is 0 Å². The fraction of sp³-hybridized carbons (Fsp3) is 1.00. The molecule has 0 aliphatic carbocycles. The molecule has 0 saturated carbocycles. The fourth-order valence-electron chi connectivity index (χ4n) is 0.935. The Morgan fingerprint density at radius 2 is 2.08 bits per heavy atom. The summed E-state index contributed by atoms with van der Waals surface area (Å²) in [6.45, 7) is 0.685. The predicted octanol–water partition coefficient (Wildman–Crippen LogP) is -6.28. The molecule has 0 aromatic heterocycles. The van der Waals surface area contributed by atoms with Crippen LogP contribution in [0, 0.1) is 0 Å². The van der Waals surface area contributed by atoms with Crippen LogP contribution in [0.1, 0.15) is 12.8 Å². The first-order valence-electron chi connectivity index (χ1n) is 3.30. The van der Waals surface area contributed by atoms with Gasteiger partial charge in [-0.05, 0) is 12.8 Å². The Morgan fingerprint density at radius 1 is 1.46 bits per heavy atom. The maximum absolute atomic E-state index is 10.1. The molecular weight excluding hydrogens is 234 g/mol. The maximum atomic E-state index is 10.1. The second kappa shape index (κ2) is 8.41. The first-order valence-corrected chi connectivity index (χ1v) is 6.21. The third kappa shape index (κ3) is 9.19. The van der Waals surface area contributed by atoms with Crippen LogP contribution in [-0.4, -0.2) is 31.8 Å². The molecule has 8 heteroatoms. The van der Waals surface area contributed by atoms with Crippen molar-refractivity contribution < 1.29 is 77.2 Å². The SMILES string of the molecule is O=S([O-])([O-])=[S+]CC1CCCO1.[Na+].[Na+]. The summed E-state index contributed by atoms with van der Waals surface area (Å²) in [7, 11) is -3.70. The summed E-state index contributed by atoms with van der Waals surface area (Å²) in [6, 6.07) is 0. The molecule has 1 heterocycles. The number of rotatable bonds is 2. The minimum absolute atomic E-state index is 0. The van der Waals surface area contributed by atoms with Crippen molar-refractivity contribution in [1.82, 2.24) is 0 Å². The fourth-order valence-corrected chi connectivity index (χ4v) is 2.47. The van der Waals surface area contributed by atoms with Gasteiger partial charge in [0.2, 0.25) is 16.1 Å². The number of hydrogen-bond donors (Lipinski definition) is 0. The second-order valence-electron chi connectivity index (χ2n) is 2.33. The average molecular weight is 243 g/mol. The van der Waals surface area contributed by atoms with Gasteiger partial charge in [-0.3, -0.25) is 0 Å². The number of hydrogen-bond acceptors (Lipinski definition) is 4. The van der Waals surface area contributed by atoms with E-state index in [0.717, 1.165) is 12.8 Å². The van der Waals surface area contributed by atoms with E-state index in [1.165, 1.54) is 0 Å². The molecule has 0 bridgehead atoms. The van der Waals surface area contributed by atoms with Crippen LogP contribution in [0.15, 0.2) is 0 Å². The Balaban J connectivity index is 0. The molecule has 0 N–H and O–H groups in total. The molecule has 13 heavy (non-hydrogen) atoms. The van der Waals surface area contributed by atoms with Gasteiger partial charge in [0.15, 0.2) is 0 Å². The van der Waals surface area contributed by atoms with Crippen molar-refractivity contribution in [2.24, 2.45) is 0 Å². The summed E-state index contributed by atoms with van der Waals surface area (Å²) in [5, 5.41) is 0. The van der Waals surface area contributed by atoms with Gasteiger partial charge in [-0.1, -0.05) is 0 Å². The smallest absolute Gasteiger partial charge is 0.746 e. The van der Waals surface area contributed by atoms with E-state index in [1.54, 1.807) is 0 Å². The summed E-state index contributed by atoms with van der Waals surface area (Å²) in [6.07, 6.45) is 1.79. The van der Waals surface area contributed by atoms with Crippen molar-refractivity contribution in [1.29, 1.82) is 0 Å². The summed E-state index contributed by atoms with van der Waals surface area (Å²) in [4.78, 5) is 0. The summed E-state index contributed by atoms with van der Waals surface area (Å²) >= 11 is 0. The Bertz CT molecular complexity index is 225. The Labute approximate surface area is 126 Å². The quantitative estimate of drug-likeness (QED) is 0.357. The van der Waals surface area contributed by atoms with E-state index in [1.807, 2.05) is 0 Å². The monoisotopic (exact) mass is 243 g/mol. The van der Waals surface area contributed by atoms with Crippen molar-refractivity contribution in [3.8, 4) is 0 Å². The van der Waals surface area contributed by atoms with Crippen LogP contribution in [0.25, 0.3) is 0 Å². The Hall–Kier alpha value is 2.25. The van der Waals surface area contributed by atoms with Crippen molar-refractivity contribution in [3.05, 3.63) is 0 Å². The predicted molar refractivity (Wildman–Crippen MR) is 40.9 cm³/mol. The summed E-state index contributed by atoms with van der Waals surface area (Å²) < 4.78 is 35.5. The van der Waals surface area contributed by atoms with Crippen LogP contribution in [0.4, 0.5) is 0 Å². The van der Waals surface area contributed by atoms with E-state index >= 15 is 0 Å². The van der Waals surface area contributed by atoms with Crippen molar-refractivity contribution in [2.45, 2.75) is 18.9 Å². The van der Waals surface area contributed by atoms with Crippen LogP contribution in [-0.2, 0) is 24.1 Å². The molecule has 1 fully saturated rings. The molecule has 0 radical (unpaired) electrons. The van der Waals surface area contributed by atoms with Gasteiger partial charge in [-0.15, -0.1) is 0 Å². The molecule has 0 aromatic carbocycles. The topological polar surface area (TPSA) is 72.4 Å². The van der Waals surface area contributed by atoms with Crippen molar-refractivity contribution >= 4 is 19.4 Å². The second-order valence-corrected chi connectivity index (χ2v) is 5.65. The molecule has 1 rings (SSSR count). The van der Waals surface area contributed by atoms with E-state index < -0.39 is 9.05 Å². The van der Waals surface area contributed by atoms with Crippen LogP contribution in [0.5, 0.6) is 0 Å². The van der Waals surface area contributed by atoms with Gasteiger partial charge in [0.25, 0.3) is 0 Å². The standard InChI is InChI=1S/C5H10O4S2.2Na/c6-11(7,8)10-4-5-2-1-3-9-5;;/h5H,1-4H2,(H-,6,7,8);;/q;2*+1/p-1. The van der Waals surface area contributed by atoms with Gasteiger partial charge < -0.3 is 13.8 Å². The van der Waals surface area contributed by atoms with Gasteiger partial charge in [0, 0.05) is 6.61 Å². The van der Waals surface area contributed by atoms with Gasteiger partial charge in [-0.25, -0.2) is 4.21 Å². The van der Waals surface area contributed by atoms with Gasteiger partial charge >= 0.3 is 59.1 Å². The van der Waals surface area contributed by atoms with Crippen LogP contribution in [0.2, 0.25) is 0 Å². The molecule has 0 amide bonds. The summed E-state index contributed by atoms with van der Waals surface area (Å²) in [5.41, 5.74) is 0. The molecule has 1 aliphatic heterocycles. The first-order chi connectivity index (χ1) is 5.08. The van der Waals surface area contributed by atoms with Crippen molar-refractivity contribution in [2.75, 3.05) is 12.4 Å². The Kier molecular flexibility index (Phi) is 11.4. The van der Waals surface area contributed by atoms with Crippen LogP contribution < -0.4 is 59.1 Å². The molecule has 1 saturated heterocycles. The third-order valence-corrected chi connectivity index (χ3v) is 3.49. The van der Waals surface area contributed by atoms with E-state index in [4.69, 9.17) is 4.74 Å². The largest absolute Gasteiger partial charge is 1.00 e. The first kappa shape index (κ1) is 17.6. The normalized spacial score (nSPS) is 21.5. The maximum Gasteiger partial charge on any atom is 1.00 e. The zero-order valence-electron chi connectivity index (χ0n) is 7.86. The molecular formula is C5H9Na2O4S2+. The van der Waals surface area contributed by atoms with E-state index in [0.29, 0.717) is 16.9 Å². The molecule has 66 valence electrons. The average Bonchev–Trinajstić information content (AvgIpc) is 2.32. The molecule has 1 unspecified atom stereocenters. The molecule has 0 spiro atoms. The van der Waals surface area contributed by atoms with Gasteiger partial charge in [0.05, 0.1) is 9.05 Å². The molecule has 0 aromatic rings. The minimum atomic E-state index is -4.12. The third-order valence-electron chi connectivity index (χ3n) is 1.42. The zero-order chi connectivity index (χ0) is 8.32.